The molecule has 4 aliphatic rings. The van der Waals surface area contributed by atoms with Gasteiger partial charge in [-0.3, -0.25) is 19.3 Å². The fourth-order valence-corrected chi connectivity index (χ4v) is 9.01. The molecule has 1 spiro atoms. The molecule has 9 nitrogen and oxygen atoms in total. The minimum atomic E-state index is -1.77. The van der Waals surface area contributed by atoms with Crippen molar-refractivity contribution in [1.82, 2.24) is 4.90 Å². The Bertz CT molecular complexity index is 2050. The van der Waals surface area contributed by atoms with Gasteiger partial charge in [-0.05, 0) is 67.3 Å². The Morgan fingerprint density at radius 3 is 2.33 bits per heavy atom. The highest BCUT2D eigenvalue weighted by atomic mass is 19.1. The van der Waals surface area contributed by atoms with E-state index in [-0.39, 0.29) is 43.9 Å². The third-order valence-corrected chi connectivity index (χ3v) is 11.4. The molecule has 5 atom stereocenters. The number of carbonyl (C=O) groups excluding carboxylic acids is 3. The summed E-state index contributed by atoms with van der Waals surface area (Å²) in [5.41, 5.74) is 2.36. The largest absolute Gasteiger partial charge is 0.482 e. The number of benzene rings is 4. The predicted octanol–water partition coefficient (Wildman–Crippen LogP) is 6.22. The maximum atomic E-state index is 16.3. The highest BCUT2D eigenvalue weighted by Crippen LogP contribution is 2.58. The summed E-state index contributed by atoms with van der Waals surface area (Å²) >= 11 is 0. The van der Waals surface area contributed by atoms with Crippen molar-refractivity contribution in [2.45, 2.75) is 70.1 Å². The summed E-state index contributed by atoms with van der Waals surface area (Å²) in [6.07, 6.45) is -0.479. The van der Waals surface area contributed by atoms with Crippen LogP contribution in [0, 0.1) is 11.8 Å². The summed E-state index contributed by atoms with van der Waals surface area (Å²) < 4.78 is 28.7. The maximum Gasteiger partial charge on any atom is 0.269 e. The van der Waals surface area contributed by atoms with Gasteiger partial charge in [0.1, 0.15) is 11.4 Å². The quantitative estimate of drug-likeness (QED) is 0.246. The zero-order chi connectivity index (χ0) is 36.4. The zero-order valence-corrected chi connectivity index (χ0v) is 29.5. The van der Waals surface area contributed by atoms with Gasteiger partial charge in [-0.25, -0.2) is 4.39 Å². The van der Waals surface area contributed by atoms with Crippen molar-refractivity contribution in [3.63, 3.8) is 0 Å². The lowest BCUT2D eigenvalue weighted by molar-refractivity contribution is -0.151. The van der Waals surface area contributed by atoms with Crippen LogP contribution in [0.4, 0.5) is 21.5 Å². The molecule has 8 rings (SSSR count). The summed E-state index contributed by atoms with van der Waals surface area (Å²) in [6.45, 7) is 5.15. The fraction of sp³-hybridized carbons (Fsp3) is 0.357. The van der Waals surface area contributed by atoms with Crippen LogP contribution in [-0.4, -0.2) is 58.8 Å². The van der Waals surface area contributed by atoms with Crippen molar-refractivity contribution in [3.05, 3.63) is 119 Å². The normalized spacial score (nSPS) is 25.2. The second-order valence-corrected chi connectivity index (χ2v) is 14.9. The van der Waals surface area contributed by atoms with E-state index in [9.17, 15) is 19.5 Å². The number of carbonyl (C=O) groups is 3. The van der Waals surface area contributed by atoms with E-state index in [2.05, 4.69) is 0 Å². The molecule has 4 aliphatic heterocycles. The van der Waals surface area contributed by atoms with Crippen LogP contribution in [-0.2, 0) is 44.2 Å². The second kappa shape index (κ2) is 12.9. The average Bonchev–Trinajstić information content (AvgIpc) is 3.57. The number of amides is 3. The van der Waals surface area contributed by atoms with Crippen molar-refractivity contribution in [1.29, 1.82) is 0 Å². The third-order valence-electron chi connectivity index (χ3n) is 11.4. The van der Waals surface area contributed by atoms with Crippen LogP contribution in [0.3, 0.4) is 0 Å². The van der Waals surface area contributed by atoms with Crippen LogP contribution in [0.15, 0.2) is 97.1 Å². The Balaban J connectivity index is 1.08. The summed E-state index contributed by atoms with van der Waals surface area (Å²) in [7, 11) is 0. The van der Waals surface area contributed by atoms with Crippen molar-refractivity contribution in [3.8, 4) is 5.75 Å². The van der Waals surface area contributed by atoms with Gasteiger partial charge in [0.15, 0.2) is 12.2 Å². The van der Waals surface area contributed by atoms with Gasteiger partial charge in [0.25, 0.3) is 11.8 Å². The number of nitrogens with zero attached hydrogens (tertiary/aromatic N) is 3. The number of rotatable bonds is 7. The number of hydrogen-bond donors (Lipinski definition) is 1. The minimum absolute atomic E-state index is 0.0601. The fourth-order valence-electron chi connectivity index (χ4n) is 9.01. The molecule has 4 aromatic carbocycles. The Labute approximate surface area is 302 Å². The van der Waals surface area contributed by atoms with Crippen LogP contribution >= 0.6 is 0 Å². The van der Waals surface area contributed by atoms with Crippen molar-refractivity contribution in [2.24, 2.45) is 11.8 Å². The van der Waals surface area contributed by atoms with E-state index in [1.165, 1.54) is 13.8 Å². The van der Waals surface area contributed by atoms with Crippen LogP contribution in [0.1, 0.15) is 49.4 Å². The van der Waals surface area contributed by atoms with E-state index in [1.54, 1.807) is 14.7 Å². The zero-order valence-electron chi connectivity index (χ0n) is 29.5. The van der Waals surface area contributed by atoms with Gasteiger partial charge in [-0.15, -0.1) is 0 Å². The first kappa shape index (κ1) is 34.0. The molecule has 0 aliphatic carbocycles. The topological polar surface area (TPSA) is 99.6 Å². The minimum Gasteiger partial charge on any atom is -0.482 e. The van der Waals surface area contributed by atoms with Crippen molar-refractivity contribution < 1.29 is 33.4 Å². The van der Waals surface area contributed by atoms with Crippen molar-refractivity contribution in [2.75, 3.05) is 23.0 Å². The molecular weight excluding hydrogens is 661 g/mol. The Morgan fingerprint density at radius 2 is 1.60 bits per heavy atom. The van der Waals surface area contributed by atoms with Crippen LogP contribution < -0.4 is 14.5 Å². The molecule has 0 unspecified atom stereocenters. The van der Waals surface area contributed by atoms with Gasteiger partial charge < -0.3 is 24.4 Å². The van der Waals surface area contributed by atoms with Crippen molar-refractivity contribution >= 4 is 34.8 Å². The number of hydrogen-bond acceptors (Lipinski definition) is 6. The molecule has 268 valence electrons. The number of fused-ring (bicyclic) bond motifs is 4. The van der Waals surface area contributed by atoms with E-state index in [0.717, 1.165) is 16.7 Å². The lowest BCUT2D eigenvalue weighted by atomic mass is 9.71. The van der Waals surface area contributed by atoms with Gasteiger partial charge in [-0.1, -0.05) is 73.7 Å². The van der Waals surface area contributed by atoms with E-state index < -0.39 is 35.3 Å². The summed E-state index contributed by atoms with van der Waals surface area (Å²) in [6, 6.07) is 29.8. The molecular formula is C42H42FN3O6. The first-order chi connectivity index (χ1) is 25.0. The predicted molar refractivity (Wildman–Crippen MR) is 194 cm³/mol. The monoisotopic (exact) mass is 703 g/mol. The lowest BCUT2D eigenvalue weighted by Gasteiger charge is -2.37. The number of ether oxygens (including phenoxy) is 2. The van der Waals surface area contributed by atoms with E-state index in [0.29, 0.717) is 41.3 Å². The molecule has 4 aromatic rings. The van der Waals surface area contributed by atoms with Gasteiger partial charge in [0.2, 0.25) is 5.91 Å². The molecule has 0 bridgehead atoms. The Kier molecular flexibility index (Phi) is 8.42. The van der Waals surface area contributed by atoms with Gasteiger partial charge >= 0.3 is 0 Å². The summed E-state index contributed by atoms with van der Waals surface area (Å²) in [4.78, 5) is 46.8. The number of alkyl halides is 1. The maximum absolute atomic E-state index is 16.3. The molecule has 1 fully saturated rings. The lowest BCUT2D eigenvalue weighted by Crippen LogP contribution is -2.48. The first-order valence-electron chi connectivity index (χ1n) is 17.9. The second-order valence-electron chi connectivity index (χ2n) is 14.9. The molecule has 0 aromatic heterocycles. The number of aliphatic hydroxyl groups is 1. The molecule has 0 saturated carbocycles. The van der Waals surface area contributed by atoms with Crippen LogP contribution in [0.25, 0.3) is 0 Å². The van der Waals surface area contributed by atoms with Crippen LogP contribution in [0.5, 0.6) is 5.75 Å². The summed E-state index contributed by atoms with van der Waals surface area (Å²) in [5, 5.41) is 10.3. The first-order valence-corrected chi connectivity index (χ1v) is 17.9. The molecule has 3 amide bonds. The third kappa shape index (κ3) is 5.47. The Hall–Kier alpha value is -5.06. The number of para-hydroxylation sites is 3. The Morgan fingerprint density at radius 1 is 0.923 bits per heavy atom. The average molecular weight is 704 g/mol. The van der Waals surface area contributed by atoms with E-state index >= 15 is 4.39 Å². The van der Waals surface area contributed by atoms with E-state index in [4.69, 9.17) is 9.47 Å². The standard InChI is InChI=1S/C42H42FN3O6/c1-26-39(41(2,3)43)36(21-37(48)44-23-29-11-5-4-10-28(29)20-31(44)24-47)52-42(26)32-12-6-7-13-33(32)45(40(42)50)22-27-16-18-30(19-17-27)46-34-14-8-9-15-35(34)51-25-38(46)49/h4-19,26,31,36,39,47H,20-25H2,1-3H3/t26-,31-,36+,39-,42+/m0/s1. The SMILES string of the molecule is C[C@H]1[C@H](C(C)(C)F)[C@@H](CC(=O)N2Cc3ccccc3C[C@H]2CO)O[C@]12C(=O)N(Cc1ccc(N3C(=O)COc4ccccc43)cc1)c1ccccc12. The molecule has 52 heavy (non-hydrogen) atoms. The molecule has 4 heterocycles. The number of anilines is 3. The number of aliphatic hydroxyl groups excluding tert-OH is 1. The highest BCUT2D eigenvalue weighted by Gasteiger charge is 2.66. The molecule has 10 heteroatoms. The summed E-state index contributed by atoms with van der Waals surface area (Å²) in [5.74, 6) is -1.47. The highest BCUT2D eigenvalue weighted by molar-refractivity contribution is 6.08. The molecule has 1 N–H and O–H groups in total. The smallest absolute Gasteiger partial charge is 0.269 e. The molecule has 0 radical (unpaired) electrons. The van der Waals surface area contributed by atoms with Gasteiger partial charge in [-0.2, -0.15) is 0 Å². The number of halogens is 1. The van der Waals surface area contributed by atoms with Gasteiger partial charge in [0, 0.05) is 29.6 Å². The van der Waals surface area contributed by atoms with E-state index in [1.807, 2.05) is 104 Å². The molecule has 1 saturated heterocycles. The van der Waals surface area contributed by atoms with Gasteiger partial charge in [0.05, 0.1) is 43.1 Å². The van der Waals surface area contributed by atoms with Crippen LogP contribution in [0.2, 0.25) is 0 Å².